The highest BCUT2D eigenvalue weighted by Crippen LogP contribution is 2.25. The Labute approximate surface area is 145 Å². The summed E-state index contributed by atoms with van der Waals surface area (Å²) in [4.78, 5) is 14.0. The molecule has 3 rings (SSSR count). The Bertz CT molecular complexity index is 732. The van der Waals surface area contributed by atoms with Gasteiger partial charge in [-0.1, -0.05) is 11.6 Å². The number of esters is 1. The number of hydrogen-bond donors (Lipinski definition) is 0. The molecule has 0 N–H and O–H groups in total. The number of methoxy groups -OCH3 is 1. The summed E-state index contributed by atoms with van der Waals surface area (Å²) < 4.78 is 12.4. The Morgan fingerprint density at radius 3 is 3.04 bits per heavy atom. The molecule has 1 aliphatic heterocycles. The van der Waals surface area contributed by atoms with Crippen molar-refractivity contribution in [1.82, 2.24) is 14.7 Å². The van der Waals surface area contributed by atoms with Gasteiger partial charge in [-0.25, -0.2) is 4.79 Å². The van der Waals surface area contributed by atoms with Crippen LogP contribution in [0.25, 0.3) is 0 Å². The Kier molecular flexibility index (Phi) is 5.18. The molecule has 0 aliphatic carbocycles. The molecule has 24 heavy (non-hydrogen) atoms. The SMILES string of the molecule is COC(=O)c1ccc(Cl)c(CN2CCOC(c3cnn(C)c3)C2)c1. The van der Waals surface area contributed by atoms with Crippen LogP contribution in [-0.2, 0) is 23.1 Å². The molecule has 2 heterocycles. The van der Waals surface area contributed by atoms with E-state index in [1.54, 1.807) is 22.9 Å². The van der Waals surface area contributed by atoms with Gasteiger partial charge in [-0.15, -0.1) is 0 Å². The fraction of sp³-hybridized carbons (Fsp3) is 0.412. The van der Waals surface area contributed by atoms with Crippen LogP contribution in [0.15, 0.2) is 30.6 Å². The number of aromatic nitrogens is 2. The molecule has 1 unspecified atom stereocenters. The van der Waals surface area contributed by atoms with Gasteiger partial charge >= 0.3 is 5.97 Å². The second-order valence-corrected chi connectivity index (χ2v) is 6.25. The van der Waals surface area contributed by atoms with Crippen LogP contribution in [0.3, 0.4) is 0 Å². The third-order valence-corrected chi connectivity index (χ3v) is 4.48. The van der Waals surface area contributed by atoms with E-state index in [9.17, 15) is 4.79 Å². The highest BCUT2D eigenvalue weighted by molar-refractivity contribution is 6.31. The second-order valence-electron chi connectivity index (χ2n) is 5.84. The predicted octanol–water partition coefficient (Wildman–Crippen LogP) is 2.43. The molecule has 0 radical (unpaired) electrons. The molecule has 6 nitrogen and oxygen atoms in total. The Morgan fingerprint density at radius 2 is 2.33 bits per heavy atom. The van der Waals surface area contributed by atoms with Crippen molar-refractivity contribution in [3.8, 4) is 0 Å². The number of aryl methyl sites for hydroxylation is 1. The van der Waals surface area contributed by atoms with Crippen LogP contribution in [0.1, 0.15) is 27.6 Å². The van der Waals surface area contributed by atoms with E-state index < -0.39 is 0 Å². The van der Waals surface area contributed by atoms with Crippen LogP contribution in [0.4, 0.5) is 0 Å². The molecule has 1 aliphatic rings. The van der Waals surface area contributed by atoms with E-state index in [1.807, 2.05) is 19.4 Å². The second kappa shape index (κ2) is 7.34. The molecule has 1 aromatic heterocycles. The van der Waals surface area contributed by atoms with Gasteiger partial charge < -0.3 is 9.47 Å². The summed E-state index contributed by atoms with van der Waals surface area (Å²) >= 11 is 6.30. The van der Waals surface area contributed by atoms with E-state index >= 15 is 0 Å². The fourth-order valence-corrected chi connectivity index (χ4v) is 3.01. The Hall–Kier alpha value is -1.89. The van der Waals surface area contributed by atoms with Gasteiger partial charge in [0.05, 0.1) is 31.6 Å². The van der Waals surface area contributed by atoms with Gasteiger partial charge in [0.1, 0.15) is 0 Å². The standard InChI is InChI=1S/C17H20ClN3O3/c1-20-9-14(8-19-20)16-11-21(5-6-24-16)10-13-7-12(17(22)23-2)3-4-15(13)18/h3-4,7-9,16H,5-6,10-11H2,1-2H3. The molecule has 1 saturated heterocycles. The lowest BCUT2D eigenvalue weighted by Gasteiger charge is -2.32. The van der Waals surface area contributed by atoms with E-state index in [-0.39, 0.29) is 12.1 Å². The van der Waals surface area contributed by atoms with E-state index in [4.69, 9.17) is 21.1 Å². The van der Waals surface area contributed by atoms with Crippen LogP contribution in [-0.4, -0.2) is 47.5 Å². The lowest BCUT2D eigenvalue weighted by atomic mass is 10.1. The molecule has 1 fully saturated rings. The minimum atomic E-state index is -0.358. The van der Waals surface area contributed by atoms with Gasteiger partial charge in [0.2, 0.25) is 0 Å². The third-order valence-electron chi connectivity index (χ3n) is 4.11. The van der Waals surface area contributed by atoms with E-state index in [0.29, 0.717) is 23.7 Å². The minimum Gasteiger partial charge on any atom is -0.465 e. The van der Waals surface area contributed by atoms with Gasteiger partial charge in [-0.2, -0.15) is 5.10 Å². The number of nitrogens with zero attached hydrogens (tertiary/aromatic N) is 3. The number of benzene rings is 1. The number of carbonyl (C=O) groups excluding carboxylic acids is 1. The average molecular weight is 350 g/mol. The first-order valence-corrected chi connectivity index (χ1v) is 8.14. The number of morpholine rings is 1. The monoisotopic (exact) mass is 349 g/mol. The average Bonchev–Trinajstić information content (AvgIpc) is 3.03. The van der Waals surface area contributed by atoms with Crippen molar-refractivity contribution in [2.75, 3.05) is 26.8 Å². The van der Waals surface area contributed by atoms with Crippen molar-refractivity contribution in [3.05, 3.63) is 52.3 Å². The zero-order valence-corrected chi connectivity index (χ0v) is 14.5. The lowest BCUT2D eigenvalue weighted by Crippen LogP contribution is -2.37. The number of hydrogen-bond acceptors (Lipinski definition) is 5. The van der Waals surface area contributed by atoms with Crippen molar-refractivity contribution in [2.24, 2.45) is 7.05 Å². The number of ether oxygens (including phenoxy) is 2. The maximum absolute atomic E-state index is 11.7. The molecular weight excluding hydrogens is 330 g/mol. The summed E-state index contributed by atoms with van der Waals surface area (Å²) in [6, 6.07) is 5.21. The number of halogens is 1. The normalized spacial score (nSPS) is 18.5. The van der Waals surface area contributed by atoms with Crippen molar-refractivity contribution in [1.29, 1.82) is 0 Å². The zero-order chi connectivity index (χ0) is 17.1. The Morgan fingerprint density at radius 1 is 1.50 bits per heavy atom. The third kappa shape index (κ3) is 3.77. The zero-order valence-electron chi connectivity index (χ0n) is 13.7. The van der Waals surface area contributed by atoms with Gasteiger partial charge in [0.15, 0.2) is 0 Å². The molecule has 0 saturated carbocycles. The number of carbonyl (C=O) groups is 1. The lowest BCUT2D eigenvalue weighted by molar-refractivity contribution is -0.0329. The summed E-state index contributed by atoms with van der Waals surface area (Å²) in [7, 11) is 3.26. The molecule has 1 atom stereocenters. The highest BCUT2D eigenvalue weighted by Gasteiger charge is 2.24. The number of rotatable bonds is 4. The van der Waals surface area contributed by atoms with Gasteiger partial charge in [-0.3, -0.25) is 9.58 Å². The van der Waals surface area contributed by atoms with E-state index in [0.717, 1.165) is 24.2 Å². The molecule has 0 bridgehead atoms. The maximum atomic E-state index is 11.7. The minimum absolute atomic E-state index is 0.00462. The molecule has 1 aromatic carbocycles. The first kappa shape index (κ1) is 17.0. The molecule has 0 amide bonds. The summed E-state index contributed by atoms with van der Waals surface area (Å²) in [5.41, 5.74) is 2.48. The molecule has 0 spiro atoms. The predicted molar refractivity (Wildman–Crippen MR) is 90.0 cm³/mol. The Balaban J connectivity index is 1.72. The van der Waals surface area contributed by atoms with Crippen LogP contribution >= 0.6 is 11.6 Å². The fourth-order valence-electron chi connectivity index (χ4n) is 2.84. The van der Waals surface area contributed by atoms with E-state index in [2.05, 4.69) is 10.00 Å². The van der Waals surface area contributed by atoms with Gasteiger partial charge in [0.25, 0.3) is 0 Å². The first-order valence-electron chi connectivity index (χ1n) is 7.76. The molecule has 7 heteroatoms. The van der Waals surface area contributed by atoms with Crippen LogP contribution < -0.4 is 0 Å². The molecule has 2 aromatic rings. The molecule has 128 valence electrons. The van der Waals surface area contributed by atoms with Crippen LogP contribution in [0, 0.1) is 0 Å². The molecular formula is C17H20ClN3O3. The summed E-state index contributed by atoms with van der Waals surface area (Å²) in [5.74, 6) is -0.358. The maximum Gasteiger partial charge on any atom is 0.337 e. The quantitative estimate of drug-likeness (QED) is 0.793. The van der Waals surface area contributed by atoms with Crippen molar-refractivity contribution >= 4 is 17.6 Å². The van der Waals surface area contributed by atoms with Crippen molar-refractivity contribution < 1.29 is 14.3 Å². The summed E-state index contributed by atoms with van der Waals surface area (Å²) in [5, 5.41) is 4.85. The van der Waals surface area contributed by atoms with Crippen molar-refractivity contribution in [2.45, 2.75) is 12.6 Å². The smallest absolute Gasteiger partial charge is 0.337 e. The summed E-state index contributed by atoms with van der Waals surface area (Å²) in [6.07, 6.45) is 3.80. The van der Waals surface area contributed by atoms with Crippen LogP contribution in [0.2, 0.25) is 5.02 Å². The topological polar surface area (TPSA) is 56.6 Å². The highest BCUT2D eigenvalue weighted by atomic mass is 35.5. The van der Waals surface area contributed by atoms with Gasteiger partial charge in [-0.05, 0) is 23.8 Å². The van der Waals surface area contributed by atoms with Crippen LogP contribution in [0.5, 0.6) is 0 Å². The largest absolute Gasteiger partial charge is 0.465 e. The van der Waals surface area contributed by atoms with Crippen molar-refractivity contribution in [3.63, 3.8) is 0 Å². The van der Waals surface area contributed by atoms with Gasteiger partial charge in [0, 0.05) is 43.5 Å². The first-order chi connectivity index (χ1) is 11.6. The summed E-state index contributed by atoms with van der Waals surface area (Å²) in [6.45, 7) is 2.87. The van der Waals surface area contributed by atoms with E-state index in [1.165, 1.54) is 7.11 Å².